The topological polar surface area (TPSA) is 45.6 Å². The van der Waals surface area contributed by atoms with Crippen LogP contribution in [0.2, 0.25) is 0 Å². The Balaban J connectivity index is 1.53. The largest absolute Gasteiger partial charge is 0.488 e. The molecule has 2 N–H and O–H groups in total. The van der Waals surface area contributed by atoms with Crippen molar-refractivity contribution in [2.45, 2.75) is 13.2 Å². The van der Waals surface area contributed by atoms with Crippen molar-refractivity contribution in [3.8, 4) is 5.75 Å². The third-order valence-corrected chi connectivity index (χ3v) is 4.16. The van der Waals surface area contributed by atoms with Crippen LogP contribution in [-0.4, -0.2) is 11.3 Å². The van der Waals surface area contributed by atoms with Crippen molar-refractivity contribution in [2.24, 2.45) is 5.10 Å². The summed E-state index contributed by atoms with van der Waals surface area (Å²) >= 11 is 5.22. The van der Waals surface area contributed by atoms with Gasteiger partial charge in [0.1, 0.15) is 18.2 Å². The first-order valence-corrected chi connectivity index (χ1v) is 9.19. The SMILES string of the molecule is Fc1ccccc1COc1ccccc1/C=N\NC(=S)NCc1ccccc1. The molecule has 0 fully saturated rings. The fraction of sp³-hybridized carbons (Fsp3) is 0.0909. The van der Waals surface area contributed by atoms with Crippen LogP contribution in [0.15, 0.2) is 84.0 Å². The molecule has 0 saturated carbocycles. The molecule has 4 nitrogen and oxygen atoms in total. The van der Waals surface area contributed by atoms with E-state index in [1.165, 1.54) is 6.07 Å². The third kappa shape index (κ3) is 5.89. The second-order valence-electron chi connectivity index (χ2n) is 5.96. The lowest BCUT2D eigenvalue weighted by molar-refractivity contribution is 0.299. The predicted molar refractivity (Wildman–Crippen MR) is 114 cm³/mol. The van der Waals surface area contributed by atoms with Crippen molar-refractivity contribution < 1.29 is 9.13 Å². The van der Waals surface area contributed by atoms with Crippen LogP contribution in [0.25, 0.3) is 0 Å². The highest BCUT2D eigenvalue weighted by atomic mass is 32.1. The summed E-state index contributed by atoms with van der Waals surface area (Å²) in [5.74, 6) is 0.324. The van der Waals surface area contributed by atoms with Gasteiger partial charge >= 0.3 is 0 Å². The maximum absolute atomic E-state index is 13.7. The molecule has 0 aliphatic heterocycles. The van der Waals surface area contributed by atoms with E-state index in [0.717, 1.165) is 11.1 Å². The van der Waals surface area contributed by atoms with Gasteiger partial charge in [-0.15, -0.1) is 0 Å². The monoisotopic (exact) mass is 393 g/mol. The number of benzene rings is 3. The first-order chi connectivity index (χ1) is 13.7. The van der Waals surface area contributed by atoms with Crippen LogP contribution in [0, 0.1) is 5.82 Å². The van der Waals surface area contributed by atoms with Gasteiger partial charge in [0.15, 0.2) is 5.11 Å². The molecule has 3 rings (SSSR count). The highest BCUT2D eigenvalue weighted by Crippen LogP contribution is 2.18. The minimum atomic E-state index is -0.287. The van der Waals surface area contributed by atoms with Crippen molar-refractivity contribution >= 4 is 23.5 Å². The second-order valence-corrected chi connectivity index (χ2v) is 6.36. The van der Waals surface area contributed by atoms with Crippen molar-refractivity contribution in [3.05, 3.63) is 101 Å². The molecule has 0 aliphatic rings. The standard InChI is InChI=1S/C22H20FN3OS/c23-20-12-6-4-11-19(20)16-27-21-13-7-5-10-18(21)15-25-26-22(28)24-14-17-8-2-1-3-9-17/h1-13,15H,14,16H2,(H2,24,26,28)/b25-15-. The van der Waals surface area contributed by atoms with E-state index in [1.54, 1.807) is 24.4 Å². The minimum Gasteiger partial charge on any atom is -0.488 e. The normalized spacial score (nSPS) is 10.6. The molecule has 28 heavy (non-hydrogen) atoms. The van der Waals surface area contributed by atoms with Crippen LogP contribution in [0.4, 0.5) is 4.39 Å². The Labute approximate surface area is 169 Å². The molecule has 0 bridgehead atoms. The van der Waals surface area contributed by atoms with Crippen LogP contribution in [0.3, 0.4) is 0 Å². The Bertz CT molecular complexity index is 947. The molecule has 0 spiro atoms. The third-order valence-electron chi connectivity index (χ3n) is 3.93. The van der Waals surface area contributed by atoms with E-state index in [4.69, 9.17) is 17.0 Å². The van der Waals surface area contributed by atoms with Gasteiger partial charge in [0.2, 0.25) is 0 Å². The number of nitrogens with one attached hydrogen (secondary N) is 2. The van der Waals surface area contributed by atoms with Crippen LogP contribution >= 0.6 is 12.2 Å². The van der Waals surface area contributed by atoms with Crippen LogP contribution in [0.1, 0.15) is 16.7 Å². The first kappa shape index (κ1) is 19.5. The lowest BCUT2D eigenvalue weighted by Crippen LogP contribution is -2.31. The maximum atomic E-state index is 13.7. The van der Waals surface area contributed by atoms with Crippen molar-refractivity contribution in [2.75, 3.05) is 0 Å². The Kier molecular flexibility index (Phi) is 7.09. The van der Waals surface area contributed by atoms with Gasteiger partial charge in [-0.3, -0.25) is 5.43 Å². The summed E-state index contributed by atoms with van der Waals surface area (Å²) in [6.07, 6.45) is 1.62. The zero-order valence-electron chi connectivity index (χ0n) is 15.1. The molecule has 0 saturated heterocycles. The summed E-state index contributed by atoms with van der Waals surface area (Å²) in [7, 11) is 0. The average Bonchev–Trinajstić information content (AvgIpc) is 2.73. The summed E-state index contributed by atoms with van der Waals surface area (Å²) in [5, 5.41) is 7.66. The van der Waals surface area contributed by atoms with Crippen molar-refractivity contribution in [1.82, 2.24) is 10.7 Å². The number of para-hydroxylation sites is 1. The van der Waals surface area contributed by atoms with Gasteiger partial charge in [0, 0.05) is 17.7 Å². The van der Waals surface area contributed by atoms with E-state index in [-0.39, 0.29) is 12.4 Å². The molecule has 3 aromatic rings. The smallest absolute Gasteiger partial charge is 0.187 e. The second kappa shape index (κ2) is 10.2. The Morgan fingerprint density at radius 3 is 2.50 bits per heavy atom. The number of nitrogens with zero attached hydrogens (tertiary/aromatic N) is 1. The van der Waals surface area contributed by atoms with Crippen LogP contribution in [-0.2, 0) is 13.2 Å². The number of hydrogen-bond acceptors (Lipinski definition) is 3. The van der Waals surface area contributed by atoms with E-state index in [2.05, 4.69) is 15.8 Å². The van der Waals surface area contributed by atoms with Gasteiger partial charge < -0.3 is 10.1 Å². The number of ether oxygens (including phenoxy) is 1. The van der Waals surface area contributed by atoms with E-state index < -0.39 is 0 Å². The van der Waals surface area contributed by atoms with Gasteiger partial charge in [-0.05, 0) is 36.0 Å². The lowest BCUT2D eigenvalue weighted by atomic mass is 10.2. The predicted octanol–water partition coefficient (Wildman–Crippen LogP) is 4.40. The molecule has 0 amide bonds. The molecule has 3 aromatic carbocycles. The van der Waals surface area contributed by atoms with Crippen molar-refractivity contribution in [1.29, 1.82) is 0 Å². The Morgan fingerprint density at radius 2 is 1.68 bits per heavy atom. The average molecular weight is 393 g/mol. The summed E-state index contributed by atoms with van der Waals surface area (Å²) in [4.78, 5) is 0. The molecular weight excluding hydrogens is 373 g/mol. The molecule has 6 heteroatoms. The zero-order chi connectivity index (χ0) is 19.6. The molecule has 0 heterocycles. The number of halogens is 1. The number of hydrogen-bond donors (Lipinski definition) is 2. The van der Waals surface area contributed by atoms with Crippen LogP contribution in [0.5, 0.6) is 5.75 Å². The maximum Gasteiger partial charge on any atom is 0.187 e. The quantitative estimate of drug-likeness (QED) is 0.355. The fourth-order valence-corrected chi connectivity index (χ4v) is 2.59. The van der Waals surface area contributed by atoms with E-state index in [1.807, 2.05) is 54.6 Å². The van der Waals surface area contributed by atoms with E-state index in [9.17, 15) is 4.39 Å². The minimum absolute atomic E-state index is 0.141. The molecule has 0 aliphatic carbocycles. The van der Waals surface area contributed by atoms with Crippen LogP contribution < -0.4 is 15.5 Å². The van der Waals surface area contributed by atoms with E-state index >= 15 is 0 Å². The molecule has 0 atom stereocenters. The van der Waals surface area contributed by atoms with Gasteiger partial charge in [-0.1, -0.05) is 60.7 Å². The molecular formula is C22H20FN3OS. The highest BCUT2D eigenvalue weighted by molar-refractivity contribution is 7.80. The highest BCUT2D eigenvalue weighted by Gasteiger charge is 2.04. The zero-order valence-corrected chi connectivity index (χ0v) is 16.0. The Hall–Kier alpha value is -3.25. The molecule has 0 aromatic heterocycles. The molecule has 0 radical (unpaired) electrons. The first-order valence-electron chi connectivity index (χ1n) is 8.78. The van der Waals surface area contributed by atoms with Crippen molar-refractivity contribution in [3.63, 3.8) is 0 Å². The van der Waals surface area contributed by atoms with Gasteiger partial charge in [-0.25, -0.2) is 4.39 Å². The Morgan fingerprint density at radius 1 is 0.964 bits per heavy atom. The number of thiocarbonyl (C=S) groups is 1. The fourth-order valence-electron chi connectivity index (χ4n) is 2.47. The number of rotatable bonds is 7. The van der Waals surface area contributed by atoms with Gasteiger partial charge in [0.05, 0.1) is 6.21 Å². The summed E-state index contributed by atoms with van der Waals surface area (Å²) in [6, 6.07) is 23.9. The number of hydrazone groups is 1. The van der Waals surface area contributed by atoms with Gasteiger partial charge in [-0.2, -0.15) is 5.10 Å². The lowest BCUT2D eigenvalue weighted by Gasteiger charge is -2.10. The summed E-state index contributed by atoms with van der Waals surface area (Å²) < 4.78 is 19.5. The molecule has 0 unspecified atom stereocenters. The van der Waals surface area contributed by atoms with Gasteiger partial charge in [0.25, 0.3) is 0 Å². The molecule has 142 valence electrons. The summed E-state index contributed by atoms with van der Waals surface area (Å²) in [6.45, 7) is 0.756. The van der Waals surface area contributed by atoms with E-state index in [0.29, 0.717) is 23.0 Å². The summed E-state index contributed by atoms with van der Waals surface area (Å²) in [5.41, 5.74) is 5.17.